The predicted octanol–water partition coefficient (Wildman–Crippen LogP) is 3.35. The van der Waals surface area contributed by atoms with E-state index in [-0.39, 0.29) is 24.8 Å². The van der Waals surface area contributed by atoms with E-state index in [4.69, 9.17) is 0 Å². The van der Waals surface area contributed by atoms with E-state index in [1.165, 1.54) is 56.6 Å². The Morgan fingerprint density at radius 2 is 1.84 bits per heavy atom. The van der Waals surface area contributed by atoms with Crippen LogP contribution in [0.5, 0.6) is 0 Å². The van der Waals surface area contributed by atoms with Crippen LogP contribution in [-0.4, -0.2) is 40.9 Å². The molecule has 2 aromatic rings. The summed E-state index contributed by atoms with van der Waals surface area (Å²) in [5.74, 6) is 0. The molecule has 1 aromatic heterocycles. The molecule has 138 valence electrons. The highest BCUT2D eigenvalue weighted by molar-refractivity contribution is 5.85. The lowest BCUT2D eigenvalue weighted by atomic mass is 9.80. The van der Waals surface area contributed by atoms with Crippen molar-refractivity contribution < 1.29 is 0 Å². The lowest BCUT2D eigenvalue weighted by Crippen LogP contribution is -2.41. The molecule has 6 heteroatoms. The van der Waals surface area contributed by atoms with E-state index < -0.39 is 0 Å². The Morgan fingerprint density at radius 3 is 2.52 bits per heavy atom. The fourth-order valence-corrected chi connectivity index (χ4v) is 4.22. The first-order valence-corrected chi connectivity index (χ1v) is 8.80. The van der Waals surface area contributed by atoms with Gasteiger partial charge >= 0.3 is 0 Å². The average molecular weight is 383 g/mol. The van der Waals surface area contributed by atoms with Crippen molar-refractivity contribution in [2.24, 2.45) is 5.41 Å². The Balaban J connectivity index is 0.00000113. The molecule has 2 saturated heterocycles. The summed E-state index contributed by atoms with van der Waals surface area (Å²) in [5.41, 5.74) is 3.37. The molecule has 1 unspecified atom stereocenters. The number of rotatable bonds is 4. The highest BCUT2D eigenvalue weighted by atomic mass is 35.5. The molecule has 0 amide bonds. The Kier molecular flexibility index (Phi) is 7.32. The van der Waals surface area contributed by atoms with E-state index >= 15 is 0 Å². The van der Waals surface area contributed by atoms with Gasteiger partial charge in [0.25, 0.3) is 0 Å². The maximum atomic E-state index is 4.35. The molecule has 4 rings (SSSR count). The number of piperidine rings is 1. The molecule has 4 nitrogen and oxygen atoms in total. The van der Waals surface area contributed by atoms with Crippen molar-refractivity contribution in [1.82, 2.24) is 20.0 Å². The smallest absolute Gasteiger partial charge is 0.0662 e. The normalized spacial score (nSPS) is 23.2. The molecule has 3 heterocycles. The van der Waals surface area contributed by atoms with Crippen LogP contribution in [0.15, 0.2) is 42.7 Å². The molecule has 25 heavy (non-hydrogen) atoms. The zero-order valence-corrected chi connectivity index (χ0v) is 16.2. The zero-order chi connectivity index (χ0) is 15.5. The van der Waals surface area contributed by atoms with Crippen molar-refractivity contribution in [3.8, 4) is 0 Å². The third kappa shape index (κ3) is 4.76. The molecule has 1 aromatic carbocycles. The van der Waals surface area contributed by atoms with Crippen LogP contribution in [0.2, 0.25) is 0 Å². The number of benzene rings is 1. The Labute approximate surface area is 162 Å². The fourth-order valence-electron chi connectivity index (χ4n) is 4.22. The van der Waals surface area contributed by atoms with Crippen molar-refractivity contribution in [1.29, 1.82) is 0 Å². The van der Waals surface area contributed by atoms with Gasteiger partial charge in [-0.2, -0.15) is 5.10 Å². The molecular formula is C19H28Cl2N4. The summed E-state index contributed by atoms with van der Waals surface area (Å²) >= 11 is 0. The molecule has 1 N–H and O–H groups in total. The molecule has 2 fully saturated rings. The van der Waals surface area contributed by atoms with Crippen LogP contribution in [0.3, 0.4) is 0 Å². The number of nitrogens with one attached hydrogen (secondary N) is 1. The number of hydrogen-bond acceptors (Lipinski definition) is 3. The molecule has 0 bridgehead atoms. The minimum Gasteiger partial charge on any atom is -0.316 e. The predicted molar refractivity (Wildman–Crippen MR) is 107 cm³/mol. The van der Waals surface area contributed by atoms with Gasteiger partial charge in [-0.25, -0.2) is 0 Å². The number of likely N-dealkylation sites (tertiary alicyclic amines) is 1. The third-order valence-electron chi connectivity index (χ3n) is 5.48. The second-order valence-electron chi connectivity index (χ2n) is 7.21. The van der Waals surface area contributed by atoms with Crippen molar-refractivity contribution in [3.63, 3.8) is 0 Å². The Hall–Kier alpha value is -1.07. The number of aromatic nitrogens is 2. The summed E-state index contributed by atoms with van der Waals surface area (Å²) in [5, 5.41) is 7.95. The van der Waals surface area contributed by atoms with E-state index in [0.717, 1.165) is 13.1 Å². The summed E-state index contributed by atoms with van der Waals surface area (Å²) in [6.45, 7) is 6.82. The second-order valence-corrected chi connectivity index (χ2v) is 7.21. The first-order valence-electron chi connectivity index (χ1n) is 8.80. The molecule has 0 aliphatic carbocycles. The Morgan fingerprint density at radius 1 is 1.04 bits per heavy atom. The van der Waals surface area contributed by atoms with Gasteiger partial charge in [-0.1, -0.05) is 24.3 Å². The summed E-state index contributed by atoms with van der Waals surface area (Å²) in [7, 11) is 0. The largest absolute Gasteiger partial charge is 0.316 e. The lowest BCUT2D eigenvalue weighted by molar-refractivity contribution is 0.199. The summed E-state index contributed by atoms with van der Waals surface area (Å²) in [6, 6.07) is 10.8. The van der Waals surface area contributed by atoms with Gasteiger partial charge in [-0.05, 0) is 55.0 Å². The van der Waals surface area contributed by atoms with E-state index in [1.807, 2.05) is 23.1 Å². The van der Waals surface area contributed by atoms with E-state index in [9.17, 15) is 0 Å². The van der Waals surface area contributed by atoms with Crippen molar-refractivity contribution >= 4 is 24.8 Å². The third-order valence-corrected chi connectivity index (χ3v) is 5.48. The fraction of sp³-hybridized carbons (Fsp3) is 0.526. The van der Waals surface area contributed by atoms with Gasteiger partial charge < -0.3 is 5.32 Å². The quantitative estimate of drug-likeness (QED) is 0.879. The summed E-state index contributed by atoms with van der Waals surface area (Å²) in [6.07, 6.45) is 7.97. The standard InChI is InChI=1S/C19H26N4.2ClH/c1-2-6-18(14-23-11-4-10-21-23)17(5-1)13-22-12-8-19(16-22)7-3-9-20-15-19;;/h1-2,4-6,10-11,20H,3,7-9,12-16H2;2*1H. The van der Waals surface area contributed by atoms with Gasteiger partial charge in [0.15, 0.2) is 0 Å². The van der Waals surface area contributed by atoms with Crippen LogP contribution >= 0.6 is 24.8 Å². The maximum Gasteiger partial charge on any atom is 0.0662 e. The van der Waals surface area contributed by atoms with Crippen molar-refractivity contribution in [2.75, 3.05) is 26.2 Å². The molecular weight excluding hydrogens is 355 g/mol. The minimum atomic E-state index is 0. The second kappa shape index (κ2) is 9.04. The minimum absolute atomic E-state index is 0. The topological polar surface area (TPSA) is 33.1 Å². The van der Waals surface area contributed by atoms with Gasteiger partial charge in [0.05, 0.1) is 6.54 Å². The molecule has 0 radical (unpaired) electrons. The Bertz CT molecular complexity index is 639. The molecule has 2 aliphatic heterocycles. The first-order chi connectivity index (χ1) is 11.3. The van der Waals surface area contributed by atoms with Crippen LogP contribution in [0, 0.1) is 5.41 Å². The number of hydrogen-bond donors (Lipinski definition) is 1. The highest BCUT2D eigenvalue weighted by Gasteiger charge is 2.38. The molecule has 2 aliphatic rings. The van der Waals surface area contributed by atoms with Gasteiger partial charge in [0.2, 0.25) is 0 Å². The van der Waals surface area contributed by atoms with Crippen LogP contribution in [0.1, 0.15) is 30.4 Å². The SMILES string of the molecule is Cl.Cl.c1ccc(Cn2cccn2)c(CN2CCC3(CCCNC3)C2)c1. The summed E-state index contributed by atoms with van der Waals surface area (Å²) < 4.78 is 2.01. The lowest BCUT2D eigenvalue weighted by Gasteiger charge is -2.34. The van der Waals surface area contributed by atoms with E-state index in [0.29, 0.717) is 5.41 Å². The van der Waals surface area contributed by atoms with E-state index in [1.54, 1.807) is 0 Å². The van der Waals surface area contributed by atoms with Gasteiger partial charge in [-0.15, -0.1) is 24.8 Å². The van der Waals surface area contributed by atoms with Gasteiger partial charge in [0, 0.05) is 32.0 Å². The van der Waals surface area contributed by atoms with E-state index in [2.05, 4.69) is 39.6 Å². The number of nitrogens with zero attached hydrogens (tertiary/aromatic N) is 3. The van der Waals surface area contributed by atoms with Gasteiger partial charge in [-0.3, -0.25) is 9.58 Å². The van der Waals surface area contributed by atoms with Crippen LogP contribution in [0.25, 0.3) is 0 Å². The average Bonchev–Trinajstić information content (AvgIpc) is 3.21. The molecule has 1 atom stereocenters. The maximum absolute atomic E-state index is 4.35. The molecule has 1 spiro atoms. The highest BCUT2D eigenvalue weighted by Crippen LogP contribution is 2.37. The molecule has 0 saturated carbocycles. The first kappa shape index (κ1) is 20.2. The van der Waals surface area contributed by atoms with Crippen LogP contribution in [0.4, 0.5) is 0 Å². The van der Waals surface area contributed by atoms with Crippen molar-refractivity contribution in [3.05, 3.63) is 53.9 Å². The zero-order valence-electron chi connectivity index (χ0n) is 14.6. The number of halogens is 2. The summed E-state index contributed by atoms with van der Waals surface area (Å²) in [4.78, 5) is 2.65. The van der Waals surface area contributed by atoms with Crippen molar-refractivity contribution in [2.45, 2.75) is 32.4 Å². The van der Waals surface area contributed by atoms with Crippen LogP contribution < -0.4 is 5.32 Å². The van der Waals surface area contributed by atoms with Gasteiger partial charge in [0.1, 0.15) is 0 Å². The van der Waals surface area contributed by atoms with Crippen LogP contribution in [-0.2, 0) is 13.1 Å². The monoisotopic (exact) mass is 382 g/mol.